The summed E-state index contributed by atoms with van der Waals surface area (Å²) in [6, 6.07) is 6.73. The molecule has 0 aliphatic carbocycles. The van der Waals surface area contributed by atoms with Gasteiger partial charge >= 0.3 is 11.9 Å². The molecule has 0 amide bonds. The summed E-state index contributed by atoms with van der Waals surface area (Å²) in [6.07, 6.45) is 1.85. The molecule has 0 radical (unpaired) electrons. The Labute approximate surface area is 111 Å². The highest BCUT2D eigenvalue weighted by atomic mass is 16.6. The summed E-state index contributed by atoms with van der Waals surface area (Å²) < 4.78 is 10.2. The van der Waals surface area contributed by atoms with Crippen molar-refractivity contribution in [2.75, 3.05) is 6.61 Å². The van der Waals surface area contributed by atoms with Gasteiger partial charge in [-0.25, -0.2) is 9.59 Å². The topological polar surface area (TPSA) is 72.8 Å². The molecule has 1 rings (SSSR count). The van der Waals surface area contributed by atoms with E-state index in [1.165, 1.54) is 6.08 Å². The number of carbonyl (C=O) groups is 2. The summed E-state index contributed by atoms with van der Waals surface area (Å²) >= 11 is 0. The minimum atomic E-state index is -1.00. The molecule has 1 aromatic rings. The average molecular weight is 264 g/mol. The molecule has 0 spiro atoms. The fraction of sp³-hybridized carbons (Fsp3) is 0.286. The molecule has 0 bridgehead atoms. The van der Waals surface area contributed by atoms with Crippen molar-refractivity contribution in [2.24, 2.45) is 0 Å². The van der Waals surface area contributed by atoms with Crippen molar-refractivity contribution in [1.82, 2.24) is 0 Å². The van der Waals surface area contributed by atoms with E-state index in [0.717, 1.165) is 11.6 Å². The molecule has 1 unspecified atom stereocenters. The number of carboxylic acid groups (broad SMARTS) is 1. The van der Waals surface area contributed by atoms with E-state index in [-0.39, 0.29) is 0 Å². The van der Waals surface area contributed by atoms with Crippen molar-refractivity contribution >= 4 is 18.0 Å². The van der Waals surface area contributed by atoms with Crippen molar-refractivity contribution < 1.29 is 24.2 Å². The molecule has 0 fully saturated rings. The summed E-state index contributed by atoms with van der Waals surface area (Å²) in [5, 5.41) is 8.50. The number of rotatable bonds is 6. The van der Waals surface area contributed by atoms with Crippen molar-refractivity contribution in [3.05, 3.63) is 35.9 Å². The zero-order valence-corrected chi connectivity index (χ0v) is 10.8. The van der Waals surface area contributed by atoms with E-state index in [1.54, 1.807) is 38.1 Å². The summed E-state index contributed by atoms with van der Waals surface area (Å²) in [5.74, 6) is -0.901. The van der Waals surface area contributed by atoms with Gasteiger partial charge in [0.2, 0.25) is 0 Å². The van der Waals surface area contributed by atoms with Gasteiger partial charge in [0.1, 0.15) is 5.75 Å². The Bertz CT molecular complexity index is 461. The Hall–Kier alpha value is -2.30. The molecule has 1 aromatic carbocycles. The van der Waals surface area contributed by atoms with Gasteiger partial charge in [-0.1, -0.05) is 12.1 Å². The highest BCUT2D eigenvalue weighted by molar-refractivity contribution is 5.85. The Morgan fingerprint density at radius 2 is 1.95 bits per heavy atom. The van der Waals surface area contributed by atoms with Gasteiger partial charge in [0.05, 0.1) is 6.61 Å². The van der Waals surface area contributed by atoms with E-state index in [9.17, 15) is 9.59 Å². The van der Waals surface area contributed by atoms with Gasteiger partial charge in [-0.05, 0) is 37.6 Å². The van der Waals surface area contributed by atoms with Crippen LogP contribution in [0.15, 0.2) is 30.3 Å². The number of hydrogen-bond acceptors (Lipinski definition) is 4. The van der Waals surface area contributed by atoms with Crippen molar-refractivity contribution in [3.8, 4) is 5.75 Å². The molecule has 0 heterocycles. The van der Waals surface area contributed by atoms with E-state index < -0.39 is 18.0 Å². The summed E-state index contributed by atoms with van der Waals surface area (Å²) in [5.41, 5.74) is 0.735. The molecule has 1 N–H and O–H groups in total. The molecule has 19 heavy (non-hydrogen) atoms. The SMILES string of the molecule is CCOC(=O)C(C)Oc1ccc(C=CC(=O)O)cc1. The molecule has 5 nitrogen and oxygen atoms in total. The quantitative estimate of drug-likeness (QED) is 0.629. The number of carboxylic acids is 1. The van der Waals surface area contributed by atoms with E-state index in [4.69, 9.17) is 14.6 Å². The first-order valence-corrected chi connectivity index (χ1v) is 5.87. The molecule has 102 valence electrons. The zero-order chi connectivity index (χ0) is 14.3. The summed E-state index contributed by atoms with van der Waals surface area (Å²) in [7, 11) is 0. The predicted molar refractivity (Wildman–Crippen MR) is 69.8 cm³/mol. The monoisotopic (exact) mass is 264 g/mol. The van der Waals surface area contributed by atoms with Crippen LogP contribution in [0.4, 0.5) is 0 Å². The summed E-state index contributed by atoms with van der Waals surface area (Å²) in [6.45, 7) is 3.65. The van der Waals surface area contributed by atoms with Crippen LogP contribution in [0, 0.1) is 0 Å². The molecular formula is C14H16O5. The lowest BCUT2D eigenvalue weighted by atomic mass is 10.2. The number of ether oxygens (including phenoxy) is 2. The summed E-state index contributed by atoms with van der Waals surface area (Å²) in [4.78, 5) is 21.7. The molecule has 0 aromatic heterocycles. The maximum Gasteiger partial charge on any atom is 0.347 e. The van der Waals surface area contributed by atoms with Gasteiger partial charge in [0.15, 0.2) is 6.10 Å². The second-order valence-corrected chi connectivity index (χ2v) is 3.75. The second kappa shape index (κ2) is 7.20. The van der Waals surface area contributed by atoms with Gasteiger partial charge in [-0.3, -0.25) is 0 Å². The van der Waals surface area contributed by atoms with Gasteiger partial charge in [0.25, 0.3) is 0 Å². The van der Waals surface area contributed by atoms with E-state index >= 15 is 0 Å². The van der Waals surface area contributed by atoms with Crippen LogP contribution in [0.25, 0.3) is 6.08 Å². The minimum Gasteiger partial charge on any atom is -0.479 e. The first kappa shape index (κ1) is 14.8. The van der Waals surface area contributed by atoms with E-state index in [2.05, 4.69) is 0 Å². The van der Waals surface area contributed by atoms with E-state index in [1.807, 2.05) is 0 Å². The Morgan fingerprint density at radius 1 is 1.32 bits per heavy atom. The largest absolute Gasteiger partial charge is 0.479 e. The standard InChI is InChI=1S/C14H16O5/c1-3-18-14(17)10(2)19-12-7-4-11(5-8-12)6-9-13(15)16/h4-10H,3H2,1-2H3,(H,15,16). The van der Waals surface area contributed by atoms with Gasteiger partial charge in [-0.15, -0.1) is 0 Å². The van der Waals surface area contributed by atoms with Crippen molar-refractivity contribution in [3.63, 3.8) is 0 Å². The smallest absolute Gasteiger partial charge is 0.347 e. The van der Waals surface area contributed by atoms with Crippen LogP contribution < -0.4 is 4.74 Å². The van der Waals surface area contributed by atoms with Crippen LogP contribution in [0.5, 0.6) is 5.75 Å². The Morgan fingerprint density at radius 3 is 2.47 bits per heavy atom. The molecular weight excluding hydrogens is 248 g/mol. The molecule has 0 saturated heterocycles. The lowest BCUT2D eigenvalue weighted by Crippen LogP contribution is -2.25. The Balaban J connectivity index is 2.61. The van der Waals surface area contributed by atoms with Crippen LogP contribution in [0.3, 0.4) is 0 Å². The molecule has 0 aliphatic rings. The average Bonchev–Trinajstić information content (AvgIpc) is 2.38. The van der Waals surface area contributed by atoms with Gasteiger partial charge < -0.3 is 14.6 Å². The normalized spacial score (nSPS) is 12.1. The minimum absolute atomic E-state index is 0.311. The second-order valence-electron chi connectivity index (χ2n) is 3.75. The molecule has 0 aliphatic heterocycles. The molecule has 5 heteroatoms. The van der Waals surface area contributed by atoms with E-state index in [0.29, 0.717) is 12.4 Å². The zero-order valence-electron chi connectivity index (χ0n) is 10.8. The van der Waals surface area contributed by atoms with Gasteiger partial charge in [0, 0.05) is 6.08 Å². The van der Waals surface area contributed by atoms with Crippen LogP contribution in [-0.4, -0.2) is 29.8 Å². The number of hydrogen-bond donors (Lipinski definition) is 1. The van der Waals surface area contributed by atoms with Crippen LogP contribution in [0.2, 0.25) is 0 Å². The van der Waals surface area contributed by atoms with Crippen LogP contribution in [-0.2, 0) is 14.3 Å². The first-order valence-electron chi connectivity index (χ1n) is 5.87. The molecule has 0 saturated carbocycles. The fourth-order valence-electron chi connectivity index (χ4n) is 1.34. The number of esters is 1. The third-order valence-corrected chi connectivity index (χ3v) is 2.23. The number of carbonyl (C=O) groups excluding carboxylic acids is 1. The highest BCUT2D eigenvalue weighted by Crippen LogP contribution is 2.15. The molecule has 1 atom stereocenters. The van der Waals surface area contributed by atoms with Crippen LogP contribution >= 0.6 is 0 Å². The van der Waals surface area contributed by atoms with Crippen molar-refractivity contribution in [2.45, 2.75) is 20.0 Å². The first-order chi connectivity index (χ1) is 9.02. The van der Waals surface area contributed by atoms with Crippen molar-refractivity contribution in [1.29, 1.82) is 0 Å². The third-order valence-electron chi connectivity index (χ3n) is 2.23. The lowest BCUT2D eigenvalue weighted by Gasteiger charge is -2.13. The predicted octanol–water partition coefficient (Wildman–Crippen LogP) is 2.11. The maximum atomic E-state index is 11.4. The highest BCUT2D eigenvalue weighted by Gasteiger charge is 2.15. The fourth-order valence-corrected chi connectivity index (χ4v) is 1.34. The third kappa shape index (κ3) is 5.25. The maximum absolute atomic E-state index is 11.4. The Kier molecular flexibility index (Phi) is 5.60. The van der Waals surface area contributed by atoms with Crippen LogP contribution in [0.1, 0.15) is 19.4 Å². The van der Waals surface area contributed by atoms with Gasteiger partial charge in [-0.2, -0.15) is 0 Å². The number of aliphatic carboxylic acids is 1. The number of benzene rings is 1. The lowest BCUT2D eigenvalue weighted by molar-refractivity contribution is -0.150.